The molecule has 0 saturated carbocycles. The predicted molar refractivity (Wildman–Crippen MR) is 58.4 cm³/mol. The Morgan fingerprint density at radius 2 is 2.12 bits per heavy atom. The van der Waals surface area contributed by atoms with Crippen molar-refractivity contribution in [3.8, 4) is 11.3 Å². The van der Waals surface area contributed by atoms with Gasteiger partial charge in [0.1, 0.15) is 17.0 Å². The molecule has 0 saturated heterocycles. The molecule has 4 heteroatoms. The van der Waals surface area contributed by atoms with E-state index in [1.54, 1.807) is 6.92 Å². The van der Waals surface area contributed by atoms with Gasteiger partial charge in [0, 0.05) is 5.56 Å². The fraction of sp³-hybridized carbons (Fsp3) is 0.167. The van der Waals surface area contributed by atoms with Crippen molar-refractivity contribution in [3.63, 3.8) is 0 Å². The number of benzene rings is 1. The van der Waals surface area contributed by atoms with Gasteiger partial charge in [-0.05, 0) is 19.9 Å². The fourth-order valence-corrected chi connectivity index (χ4v) is 1.61. The Kier molecular flexibility index (Phi) is 2.48. The van der Waals surface area contributed by atoms with Crippen LogP contribution < -0.4 is 0 Å². The minimum atomic E-state index is -1.02. The number of aryl methyl sites for hydroxylation is 2. The Morgan fingerprint density at radius 3 is 2.75 bits per heavy atom. The molecule has 1 aromatic carbocycles. The van der Waals surface area contributed by atoms with Crippen LogP contribution >= 0.6 is 0 Å². The molecule has 0 fully saturated rings. The van der Waals surface area contributed by atoms with Gasteiger partial charge in [0.2, 0.25) is 0 Å². The molecule has 0 aliphatic carbocycles. The van der Waals surface area contributed by atoms with Crippen LogP contribution in [-0.2, 0) is 0 Å². The van der Waals surface area contributed by atoms with Crippen molar-refractivity contribution in [3.05, 3.63) is 41.2 Å². The molecule has 0 aliphatic rings. The summed E-state index contributed by atoms with van der Waals surface area (Å²) in [6.45, 7) is 3.53. The first-order valence-corrected chi connectivity index (χ1v) is 4.86. The first-order chi connectivity index (χ1) is 7.59. The van der Waals surface area contributed by atoms with Crippen LogP contribution in [0.5, 0.6) is 0 Å². The van der Waals surface area contributed by atoms with E-state index in [0.717, 1.165) is 11.1 Å². The van der Waals surface area contributed by atoms with Crippen molar-refractivity contribution < 1.29 is 14.4 Å². The monoisotopic (exact) mass is 217 g/mol. The standard InChI is InChI=1S/C12H11NO3/c1-7-4-3-5-9(6-7)11-10(12(14)15)8(2)16-13-11/h3-6H,1-2H3,(H,14,15). The van der Waals surface area contributed by atoms with Crippen molar-refractivity contribution in [2.75, 3.05) is 0 Å². The maximum absolute atomic E-state index is 11.1. The van der Waals surface area contributed by atoms with E-state index in [2.05, 4.69) is 5.16 Å². The molecule has 1 aromatic heterocycles. The third-order valence-corrected chi connectivity index (χ3v) is 2.37. The summed E-state index contributed by atoms with van der Waals surface area (Å²) in [6.07, 6.45) is 0. The average molecular weight is 217 g/mol. The number of nitrogens with zero attached hydrogens (tertiary/aromatic N) is 1. The zero-order valence-electron chi connectivity index (χ0n) is 9.02. The molecule has 1 heterocycles. The molecule has 0 amide bonds. The SMILES string of the molecule is Cc1cccc(-c2noc(C)c2C(=O)O)c1. The highest BCUT2D eigenvalue weighted by molar-refractivity contribution is 5.95. The number of carboxylic acid groups (broad SMARTS) is 1. The fourth-order valence-electron chi connectivity index (χ4n) is 1.61. The Labute approximate surface area is 92.5 Å². The van der Waals surface area contributed by atoms with Gasteiger partial charge in [0.15, 0.2) is 0 Å². The third kappa shape index (κ3) is 1.69. The molecule has 0 spiro atoms. The third-order valence-electron chi connectivity index (χ3n) is 2.37. The molecule has 16 heavy (non-hydrogen) atoms. The highest BCUT2D eigenvalue weighted by Crippen LogP contribution is 2.25. The van der Waals surface area contributed by atoms with Gasteiger partial charge >= 0.3 is 5.97 Å². The topological polar surface area (TPSA) is 63.3 Å². The lowest BCUT2D eigenvalue weighted by atomic mass is 10.0. The highest BCUT2D eigenvalue weighted by atomic mass is 16.5. The molecule has 1 N–H and O–H groups in total. The molecular formula is C12H11NO3. The van der Waals surface area contributed by atoms with E-state index in [1.165, 1.54) is 0 Å². The highest BCUT2D eigenvalue weighted by Gasteiger charge is 2.20. The van der Waals surface area contributed by atoms with Crippen molar-refractivity contribution in [1.82, 2.24) is 5.16 Å². The Morgan fingerprint density at radius 1 is 1.38 bits per heavy atom. The van der Waals surface area contributed by atoms with Crippen molar-refractivity contribution in [1.29, 1.82) is 0 Å². The van der Waals surface area contributed by atoms with Gasteiger partial charge in [-0.2, -0.15) is 0 Å². The number of carbonyl (C=O) groups is 1. The van der Waals surface area contributed by atoms with E-state index >= 15 is 0 Å². The normalized spacial score (nSPS) is 10.4. The molecule has 2 rings (SSSR count). The summed E-state index contributed by atoms with van der Waals surface area (Å²) < 4.78 is 4.92. The second-order valence-corrected chi connectivity index (χ2v) is 3.64. The summed E-state index contributed by atoms with van der Waals surface area (Å²) in [5.74, 6) is -0.695. The number of aromatic nitrogens is 1. The summed E-state index contributed by atoms with van der Waals surface area (Å²) in [6, 6.07) is 7.50. The minimum Gasteiger partial charge on any atom is -0.477 e. The summed E-state index contributed by atoms with van der Waals surface area (Å²) in [5, 5.41) is 12.9. The zero-order chi connectivity index (χ0) is 11.7. The second kappa shape index (κ2) is 3.81. The number of hydrogen-bond acceptors (Lipinski definition) is 3. The van der Waals surface area contributed by atoms with Gasteiger partial charge in [-0.25, -0.2) is 4.79 Å². The van der Waals surface area contributed by atoms with E-state index in [9.17, 15) is 4.79 Å². The van der Waals surface area contributed by atoms with Gasteiger partial charge in [-0.3, -0.25) is 0 Å². The van der Waals surface area contributed by atoms with Gasteiger partial charge in [0.25, 0.3) is 0 Å². The lowest BCUT2D eigenvalue weighted by molar-refractivity contribution is 0.0696. The van der Waals surface area contributed by atoms with Crippen LogP contribution in [0.1, 0.15) is 21.7 Å². The first kappa shape index (κ1) is 10.4. The second-order valence-electron chi connectivity index (χ2n) is 3.64. The summed E-state index contributed by atoms with van der Waals surface area (Å²) >= 11 is 0. The van der Waals surface area contributed by atoms with E-state index in [-0.39, 0.29) is 5.56 Å². The summed E-state index contributed by atoms with van der Waals surface area (Å²) in [5.41, 5.74) is 2.32. The van der Waals surface area contributed by atoms with E-state index in [0.29, 0.717) is 11.5 Å². The smallest absolute Gasteiger partial charge is 0.341 e. The van der Waals surface area contributed by atoms with Crippen LogP contribution in [0.15, 0.2) is 28.8 Å². The van der Waals surface area contributed by atoms with E-state index < -0.39 is 5.97 Å². The van der Waals surface area contributed by atoms with Crippen molar-refractivity contribution in [2.24, 2.45) is 0 Å². The average Bonchev–Trinajstić information content (AvgIpc) is 2.60. The molecule has 0 unspecified atom stereocenters. The molecule has 4 nitrogen and oxygen atoms in total. The quantitative estimate of drug-likeness (QED) is 0.839. The lowest BCUT2D eigenvalue weighted by Gasteiger charge is -1.99. The van der Waals surface area contributed by atoms with E-state index in [4.69, 9.17) is 9.63 Å². The van der Waals surface area contributed by atoms with Crippen LogP contribution in [0.25, 0.3) is 11.3 Å². The Balaban J connectivity index is 2.60. The number of aromatic carboxylic acids is 1. The van der Waals surface area contributed by atoms with Crippen molar-refractivity contribution >= 4 is 5.97 Å². The molecule has 2 aromatic rings. The number of hydrogen-bond donors (Lipinski definition) is 1. The molecular weight excluding hydrogens is 206 g/mol. The Hall–Kier alpha value is -2.10. The zero-order valence-corrected chi connectivity index (χ0v) is 9.02. The molecule has 0 radical (unpaired) electrons. The maximum Gasteiger partial charge on any atom is 0.341 e. The number of carboxylic acids is 1. The molecule has 0 atom stereocenters. The van der Waals surface area contributed by atoms with E-state index in [1.807, 2.05) is 31.2 Å². The van der Waals surface area contributed by atoms with Gasteiger partial charge in [0.05, 0.1) is 0 Å². The number of rotatable bonds is 2. The Bertz CT molecular complexity index is 543. The predicted octanol–water partition coefficient (Wildman–Crippen LogP) is 2.66. The van der Waals surface area contributed by atoms with Gasteiger partial charge < -0.3 is 9.63 Å². The maximum atomic E-state index is 11.1. The van der Waals surface area contributed by atoms with Crippen molar-refractivity contribution in [2.45, 2.75) is 13.8 Å². The summed E-state index contributed by atoms with van der Waals surface area (Å²) in [7, 11) is 0. The summed E-state index contributed by atoms with van der Waals surface area (Å²) in [4.78, 5) is 11.1. The largest absolute Gasteiger partial charge is 0.477 e. The van der Waals surface area contributed by atoms with Crippen LogP contribution in [0.4, 0.5) is 0 Å². The van der Waals surface area contributed by atoms with Crippen LogP contribution in [0, 0.1) is 13.8 Å². The van der Waals surface area contributed by atoms with Gasteiger partial charge in [-0.1, -0.05) is 28.9 Å². The lowest BCUT2D eigenvalue weighted by Crippen LogP contribution is -1.99. The molecule has 82 valence electrons. The van der Waals surface area contributed by atoms with Gasteiger partial charge in [-0.15, -0.1) is 0 Å². The van der Waals surface area contributed by atoms with Crippen LogP contribution in [0.2, 0.25) is 0 Å². The minimum absolute atomic E-state index is 0.130. The van der Waals surface area contributed by atoms with Crippen LogP contribution in [-0.4, -0.2) is 16.2 Å². The molecule has 0 bridgehead atoms. The first-order valence-electron chi connectivity index (χ1n) is 4.86. The van der Waals surface area contributed by atoms with Crippen LogP contribution in [0.3, 0.4) is 0 Å². The molecule has 0 aliphatic heterocycles.